The van der Waals surface area contributed by atoms with Gasteiger partial charge in [0, 0.05) is 32.3 Å². The molecule has 2 atom stereocenters. The Morgan fingerprint density at radius 3 is 2.74 bits per heavy atom. The van der Waals surface area contributed by atoms with Gasteiger partial charge in [-0.2, -0.15) is 5.26 Å². The van der Waals surface area contributed by atoms with Crippen molar-refractivity contribution < 1.29 is 5.11 Å². The van der Waals surface area contributed by atoms with Crippen LogP contribution in [0.5, 0.6) is 0 Å². The molecular formula is C14H16Cl3N3OS2. The van der Waals surface area contributed by atoms with Crippen LogP contribution in [0.2, 0.25) is 5.02 Å². The number of hydrogen-bond acceptors (Lipinski definition) is 6. The maximum Gasteiger partial charge on any atom is 0.100 e. The van der Waals surface area contributed by atoms with Gasteiger partial charge < -0.3 is 10.8 Å². The lowest BCUT2D eigenvalue weighted by Crippen LogP contribution is -2.25. The molecule has 0 radical (unpaired) electrons. The molecule has 9 heteroatoms. The van der Waals surface area contributed by atoms with Crippen molar-refractivity contribution in [3.8, 4) is 6.07 Å². The number of aromatic nitrogens is 1. The first kappa shape index (κ1) is 22.5. The molecule has 0 unspecified atom stereocenters. The third kappa shape index (κ3) is 6.48. The fourth-order valence-electron chi connectivity index (χ4n) is 1.80. The van der Waals surface area contributed by atoms with E-state index in [0.29, 0.717) is 17.0 Å². The number of nitriles is 1. The van der Waals surface area contributed by atoms with E-state index in [1.54, 1.807) is 29.9 Å². The summed E-state index contributed by atoms with van der Waals surface area (Å²) in [6.07, 6.45) is 2.39. The second kappa shape index (κ2) is 11.1. The Bertz CT molecular complexity index is 635. The molecule has 0 aliphatic rings. The van der Waals surface area contributed by atoms with E-state index in [9.17, 15) is 10.4 Å². The normalized spacial score (nSPS) is 12.4. The molecular weight excluding hydrogens is 397 g/mol. The Morgan fingerprint density at radius 2 is 2.17 bits per heavy atom. The molecule has 0 spiro atoms. The van der Waals surface area contributed by atoms with Crippen molar-refractivity contribution in [3.63, 3.8) is 0 Å². The van der Waals surface area contributed by atoms with Crippen LogP contribution >= 0.6 is 59.5 Å². The van der Waals surface area contributed by atoms with Crippen molar-refractivity contribution in [2.45, 2.75) is 22.6 Å². The van der Waals surface area contributed by atoms with Crippen LogP contribution in [0, 0.1) is 11.3 Å². The summed E-state index contributed by atoms with van der Waals surface area (Å²) < 4.78 is 0. The van der Waals surface area contributed by atoms with E-state index in [2.05, 4.69) is 11.1 Å². The summed E-state index contributed by atoms with van der Waals surface area (Å²) >= 11 is 9.08. The molecule has 1 aromatic heterocycles. The minimum atomic E-state index is -0.311. The Balaban J connectivity index is 0.00000242. The Morgan fingerprint density at radius 1 is 1.43 bits per heavy atom. The number of benzene rings is 1. The summed E-state index contributed by atoms with van der Waals surface area (Å²) in [6, 6.07) is 7.05. The van der Waals surface area contributed by atoms with Gasteiger partial charge in [0.15, 0.2) is 0 Å². The van der Waals surface area contributed by atoms with Crippen molar-refractivity contribution in [1.82, 2.24) is 4.98 Å². The maximum absolute atomic E-state index is 9.20. The van der Waals surface area contributed by atoms with E-state index in [-0.39, 0.29) is 42.7 Å². The van der Waals surface area contributed by atoms with E-state index >= 15 is 0 Å². The maximum atomic E-state index is 9.20. The summed E-state index contributed by atoms with van der Waals surface area (Å²) in [5.74, 6) is 0. The van der Waals surface area contributed by atoms with Crippen LogP contribution in [0.15, 0.2) is 34.8 Å². The molecule has 126 valence electrons. The van der Waals surface area contributed by atoms with Gasteiger partial charge in [-0.25, -0.2) is 0 Å². The highest BCUT2D eigenvalue weighted by Crippen LogP contribution is 2.41. The molecule has 0 aliphatic carbocycles. The summed E-state index contributed by atoms with van der Waals surface area (Å²) in [5.41, 5.74) is 8.20. The topological polar surface area (TPSA) is 82.9 Å². The number of nitrogens with two attached hydrogens (primary N) is 1. The number of thiazole rings is 1. The zero-order valence-electron chi connectivity index (χ0n) is 11.9. The number of nitrogens with zero attached hydrogens (tertiary/aromatic N) is 2. The van der Waals surface area contributed by atoms with Crippen LogP contribution in [-0.2, 0) is 0 Å². The Kier molecular flexibility index (Phi) is 10.9. The minimum absolute atomic E-state index is 0. The Labute approximate surface area is 160 Å². The number of aliphatic hydroxyl groups excluding tert-OH is 1. The molecule has 4 nitrogen and oxygen atoms in total. The second-order valence-corrected chi connectivity index (χ2v) is 7.04. The van der Waals surface area contributed by atoms with Crippen molar-refractivity contribution in [3.05, 3.63) is 45.4 Å². The number of rotatable bonds is 6. The standard InChI is InChI=1S/C14H14ClN3OS2.2ClH/c15-10-2-1-9(5-16)12(3-10)21-13(4-11(17)7-19)14-6-18-8-20-14;;/h1-3,6,8,11,13,19H,4,7,17H2;2*1H/t11-,13+;;/m0../s1. The summed E-state index contributed by atoms with van der Waals surface area (Å²) in [5, 5.41) is 19.0. The van der Waals surface area contributed by atoms with Crippen LogP contribution in [0.25, 0.3) is 0 Å². The van der Waals surface area contributed by atoms with Crippen LogP contribution in [0.1, 0.15) is 22.1 Å². The number of halogens is 3. The SMILES string of the molecule is Cl.Cl.N#Cc1ccc(Cl)cc1S[C@H](C[C@H](N)CO)c1cncs1. The Hall–Kier alpha value is -0.520. The average molecular weight is 413 g/mol. The lowest BCUT2D eigenvalue weighted by atomic mass is 10.1. The molecule has 0 amide bonds. The zero-order chi connectivity index (χ0) is 15.2. The summed E-state index contributed by atoms with van der Waals surface area (Å²) in [6.45, 7) is -0.0729. The lowest BCUT2D eigenvalue weighted by molar-refractivity contribution is 0.260. The van der Waals surface area contributed by atoms with Crippen molar-refractivity contribution in [2.75, 3.05) is 6.61 Å². The quantitative estimate of drug-likeness (QED) is 0.699. The van der Waals surface area contributed by atoms with E-state index in [1.807, 2.05) is 0 Å². The van der Waals surface area contributed by atoms with Gasteiger partial charge in [0.05, 0.1) is 17.7 Å². The minimum Gasteiger partial charge on any atom is -0.395 e. The average Bonchev–Trinajstić information content (AvgIpc) is 3.01. The van der Waals surface area contributed by atoms with E-state index in [4.69, 9.17) is 17.3 Å². The third-order valence-corrected chi connectivity index (χ3v) is 5.45. The van der Waals surface area contributed by atoms with Gasteiger partial charge in [-0.3, -0.25) is 4.98 Å². The van der Waals surface area contributed by atoms with Crippen LogP contribution in [0.4, 0.5) is 0 Å². The van der Waals surface area contributed by atoms with Gasteiger partial charge in [-0.15, -0.1) is 47.9 Å². The molecule has 1 heterocycles. The molecule has 0 saturated heterocycles. The summed E-state index contributed by atoms with van der Waals surface area (Å²) in [4.78, 5) is 5.96. The molecule has 2 aromatic rings. The first-order valence-electron chi connectivity index (χ1n) is 6.25. The van der Waals surface area contributed by atoms with Crippen LogP contribution in [0.3, 0.4) is 0 Å². The van der Waals surface area contributed by atoms with E-state index < -0.39 is 0 Å². The number of hydrogen-bond donors (Lipinski definition) is 2. The predicted octanol–water partition coefficient (Wildman–Crippen LogP) is 4.05. The van der Waals surface area contributed by atoms with Gasteiger partial charge in [0.25, 0.3) is 0 Å². The monoisotopic (exact) mass is 411 g/mol. The molecule has 0 fully saturated rings. The van der Waals surface area contributed by atoms with Crippen molar-refractivity contribution in [2.24, 2.45) is 5.73 Å². The second-order valence-electron chi connectivity index (χ2n) is 4.44. The highest BCUT2D eigenvalue weighted by atomic mass is 35.5. The first-order chi connectivity index (χ1) is 10.1. The van der Waals surface area contributed by atoms with Crippen molar-refractivity contribution >= 4 is 59.5 Å². The first-order valence-corrected chi connectivity index (χ1v) is 8.39. The highest BCUT2D eigenvalue weighted by molar-refractivity contribution is 7.99. The zero-order valence-corrected chi connectivity index (χ0v) is 15.9. The van der Waals surface area contributed by atoms with Gasteiger partial charge in [0.1, 0.15) is 6.07 Å². The molecule has 0 bridgehead atoms. The highest BCUT2D eigenvalue weighted by Gasteiger charge is 2.20. The third-order valence-electron chi connectivity index (χ3n) is 2.85. The van der Waals surface area contributed by atoms with Gasteiger partial charge in [0.2, 0.25) is 0 Å². The largest absolute Gasteiger partial charge is 0.395 e. The lowest BCUT2D eigenvalue weighted by Gasteiger charge is -2.18. The van der Waals surface area contributed by atoms with Crippen LogP contribution in [-0.4, -0.2) is 22.7 Å². The molecule has 1 aromatic carbocycles. The fraction of sp³-hybridized carbons (Fsp3) is 0.286. The van der Waals surface area contributed by atoms with Gasteiger partial charge in [-0.05, 0) is 24.6 Å². The predicted molar refractivity (Wildman–Crippen MR) is 101 cm³/mol. The number of thioether (sulfide) groups is 1. The van der Waals surface area contributed by atoms with E-state index in [1.165, 1.54) is 23.1 Å². The molecule has 0 aliphatic heterocycles. The van der Waals surface area contributed by atoms with Crippen LogP contribution < -0.4 is 5.73 Å². The van der Waals surface area contributed by atoms with Crippen molar-refractivity contribution in [1.29, 1.82) is 5.26 Å². The fourth-order valence-corrected chi connectivity index (χ4v) is 4.22. The van der Waals surface area contributed by atoms with Gasteiger partial charge in [-0.1, -0.05) is 11.6 Å². The molecule has 23 heavy (non-hydrogen) atoms. The molecule has 2 rings (SSSR count). The van der Waals surface area contributed by atoms with Gasteiger partial charge >= 0.3 is 0 Å². The summed E-state index contributed by atoms with van der Waals surface area (Å²) in [7, 11) is 0. The number of aliphatic hydroxyl groups is 1. The van der Waals surface area contributed by atoms with E-state index in [0.717, 1.165) is 9.77 Å². The molecule has 3 N–H and O–H groups in total. The smallest absolute Gasteiger partial charge is 0.100 e. The molecule has 0 saturated carbocycles.